The van der Waals surface area contributed by atoms with Crippen molar-refractivity contribution in [3.8, 4) is 11.8 Å². The number of thioether (sulfide) groups is 1. The standard InChI is InChI=1S/C17H18N2O3S2/c1-19(12-14-7-8-17(23-3)16(10-14)22-2)24(20,21)15-6-4-5-13(9-15)11-18/h4-10H,12H2,1-3H3. The number of hydrogen-bond donors (Lipinski definition) is 0. The first-order valence-corrected chi connectivity index (χ1v) is 9.76. The van der Waals surface area contributed by atoms with Crippen molar-refractivity contribution in [1.29, 1.82) is 5.26 Å². The highest BCUT2D eigenvalue weighted by Crippen LogP contribution is 2.29. The van der Waals surface area contributed by atoms with Gasteiger partial charge in [0.1, 0.15) is 5.75 Å². The molecule has 0 atom stereocenters. The van der Waals surface area contributed by atoms with E-state index in [0.717, 1.165) is 16.2 Å². The van der Waals surface area contributed by atoms with Crippen LogP contribution < -0.4 is 4.74 Å². The number of nitriles is 1. The number of benzene rings is 2. The van der Waals surface area contributed by atoms with Gasteiger partial charge >= 0.3 is 0 Å². The third-order valence-corrected chi connectivity index (χ3v) is 6.10. The zero-order valence-corrected chi connectivity index (χ0v) is 15.3. The first-order valence-electron chi connectivity index (χ1n) is 7.09. The molecule has 0 N–H and O–H groups in total. The maximum Gasteiger partial charge on any atom is 0.243 e. The quantitative estimate of drug-likeness (QED) is 0.739. The van der Waals surface area contributed by atoms with Crippen LogP contribution >= 0.6 is 11.8 Å². The van der Waals surface area contributed by atoms with E-state index in [2.05, 4.69) is 0 Å². The predicted molar refractivity (Wildman–Crippen MR) is 94.6 cm³/mol. The number of hydrogen-bond acceptors (Lipinski definition) is 5. The van der Waals surface area contributed by atoms with Crippen LogP contribution in [-0.2, 0) is 16.6 Å². The molecule has 0 heterocycles. The number of sulfonamides is 1. The normalized spacial score (nSPS) is 11.3. The molecule has 0 aliphatic carbocycles. The number of nitrogens with zero attached hydrogens (tertiary/aromatic N) is 2. The van der Waals surface area contributed by atoms with E-state index < -0.39 is 10.0 Å². The third kappa shape index (κ3) is 3.90. The minimum absolute atomic E-state index is 0.108. The Kier molecular flexibility index (Phi) is 5.89. The van der Waals surface area contributed by atoms with E-state index in [1.807, 2.05) is 30.5 Å². The van der Waals surface area contributed by atoms with Gasteiger partial charge in [0, 0.05) is 18.5 Å². The van der Waals surface area contributed by atoms with E-state index in [4.69, 9.17) is 10.00 Å². The summed E-state index contributed by atoms with van der Waals surface area (Å²) in [6.45, 7) is 0.212. The van der Waals surface area contributed by atoms with Crippen molar-refractivity contribution < 1.29 is 13.2 Å². The topological polar surface area (TPSA) is 70.4 Å². The SMILES string of the molecule is COc1cc(CN(C)S(=O)(=O)c2cccc(C#N)c2)ccc1SC. The molecule has 0 saturated heterocycles. The second-order valence-electron chi connectivity index (χ2n) is 5.09. The van der Waals surface area contributed by atoms with Crippen LogP contribution in [0.2, 0.25) is 0 Å². The highest BCUT2D eigenvalue weighted by molar-refractivity contribution is 7.98. The fourth-order valence-electron chi connectivity index (χ4n) is 2.23. The zero-order valence-electron chi connectivity index (χ0n) is 13.7. The van der Waals surface area contributed by atoms with Gasteiger partial charge in [-0.3, -0.25) is 0 Å². The van der Waals surface area contributed by atoms with E-state index >= 15 is 0 Å². The summed E-state index contributed by atoms with van der Waals surface area (Å²) in [7, 11) is -0.562. The van der Waals surface area contributed by atoms with Crippen molar-refractivity contribution in [3.63, 3.8) is 0 Å². The van der Waals surface area contributed by atoms with Crippen molar-refractivity contribution in [1.82, 2.24) is 4.31 Å². The first kappa shape index (κ1) is 18.3. The average molecular weight is 362 g/mol. The van der Waals surface area contributed by atoms with Gasteiger partial charge in [-0.1, -0.05) is 12.1 Å². The van der Waals surface area contributed by atoms with Crippen molar-refractivity contribution in [3.05, 3.63) is 53.6 Å². The lowest BCUT2D eigenvalue weighted by Crippen LogP contribution is -2.26. The fourth-order valence-corrected chi connectivity index (χ4v) is 3.98. The molecule has 0 spiro atoms. The maximum atomic E-state index is 12.7. The van der Waals surface area contributed by atoms with Crippen LogP contribution in [0.25, 0.3) is 0 Å². The molecular weight excluding hydrogens is 344 g/mol. The molecule has 2 aromatic carbocycles. The highest BCUT2D eigenvalue weighted by Gasteiger charge is 2.21. The van der Waals surface area contributed by atoms with Crippen LogP contribution in [0.1, 0.15) is 11.1 Å². The van der Waals surface area contributed by atoms with Gasteiger partial charge in [0.05, 0.1) is 23.6 Å². The summed E-state index contributed by atoms with van der Waals surface area (Å²) in [5, 5.41) is 8.93. The van der Waals surface area contributed by atoms with Gasteiger partial charge in [-0.25, -0.2) is 8.42 Å². The molecule has 0 unspecified atom stereocenters. The average Bonchev–Trinajstić information content (AvgIpc) is 2.61. The minimum atomic E-state index is -3.67. The minimum Gasteiger partial charge on any atom is -0.496 e. The van der Waals surface area contributed by atoms with Crippen LogP contribution in [0, 0.1) is 11.3 Å². The Bertz CT molecular complexity index is 874. The summed E-state index contributed by atoms with van der Waals surface area (Å²) in [5.41, 5.74) is 1.14. The van der Waals surface area contributed by atoms with E-state index in [1.54, 1.807) is 31.0 Å². The molecule has 0 aliphatic rings. The number of ether oxygens (including phenoxy) is 1. The Hall–Kier alpha value is -2.01. The molecule has 0 bridgehead atoms. The molecule has 2 rings (SSSR count). The highest BCUT2D eigenvalue weighted by atomic mass is 32.2. The summed E-state index contributed by atoms with van der Waals surface area (Å²) in [6, 6.07) is 13.6. The van der Waals surface area contributed by atoms with Gasteiger partial charge < -0.3 is 4.74 Å². The molecule has 0 radical (unpaired) electrons. The Labute approximate surface area is 146 Å². The fraction of sp³-hybridized carbons (Fsp3) is 0.235. The Morgan fingerprint density at radius 2 is 2.00 bits per heavy atom. The van der Waals surface area contributed by atoms with Crippen molar-refractivity contribution >= 4 is 21.8 Å². The van der Waals surface area contributed by atoms with Gasteiger partial charge in [-0.15, -0.1) is 11.8 Å². The van der Waals surface area contributed by atoms with Crippen LogP contribution in [0.5, 0.6) is 5.75 Å². The van der Waals surface area contributed by atoms with Crippen molar-refractivity contribution in [2.45, 2.75) is 16.3 Å². The van der Waals surface area contributed by atoms with Gasteiger partial charge in [0.2, 0.25) is 10.0 Å². The van der Waals surface area contributed by atoms with E-state index in [1.165, 1.54) is 23.5 Å². The van der Waals surface area contributed by atoms with E-state index in [0.29, 0.717) is 5.56 Å². The summed E-state index contributed by atoms with van der Waals surface area (Å²) in [6.07, 6.45) is 1.95. The van der Waals surface area contributed by atoms with Crippen LogP contribution in [0.4, 0.5) is 0 Å². The van der Waals surface area contributed by atoms with Gasteiger partial charge in [-0.2, -0.15) is 9.57 Å². The second-order valence-corrected chi connectivity index (χ2v) is 7.98. The third-order valence-electron chi connectivity index (χ3n) is 3.52. The van der Waals surface area contributed by atoms with Crippen molar-refractivity contribution in [2.24, 2.45) is 0 Å². The maximum absolute atomic E-state index is 12.7. The molecule has 0 aromatic heterocycles. The second kappa shape index (κ2) is 7.71. The summed E-state index contributed by atoms with van der Waals surface area (Å²) in [5.74, 6) is 0.720. The largest absolute Gasteiger partial charge is 0.496 e. The summed E-state index contributed by atoms with van der Waals surface area (Å²) < 4.78 is 31.9. The molecule has 0 fully saturated rings. The molecule has 0 aliphatic heterocycles. The molecule has 7 heteroatoms. The summed E-state index contributed by atoms with van der Waals surface area (Å²) >= 11 is 1.57. The molecular formula is C17H18N2O3S2. The van der Waals surface area contributed by atoms with E-state index in [-0.39, 0.29) is 11.4 Å². The molecule has 0 saturated carbocycles. The monoisotopic (exact) mass is 362 g/mol. The molecule has 24 heavy (non-hydrogen) atoms. The Morgan fingerprint density at radius 1 is 1.25 bits per heavy atom. The lowest BCUT2D eigenvalue weighted by atomic mass is 10.2. The zero-order chi connectivity index (χ0) is 17.7. The smallest absolute Gasteiger partial charge is 0.243 e. The molecule has 2 aromatic rings. The first-order chi connectivity index (χ1) is 11.4. The molecule has 0 amide bonds. The Balaban J connectivity index is 2.28. The lowest BCUT2D eigenvalue weighted by Gasteiger charge is -2.18. The van der Waals surface area contributed by atoms with Crippen LogP contribution in [0.15, 0.2) is 52.3 Å². The van der Waals surface area contributed by atoms with Crippen LogP contribution in [-0.4, -0.2) is 33.1 Å². The van der Waals surface area contributed by atoms with Crippen LogP contribution in [0.3, 0.4) is 0 Å². The predicted octanol–water partition coefficient (Wildman–Crippen LogP) is 3.11. The lowest BCUT2D eigenvalue weighted by molar-refractivity contribution is 0.402. The van der Waals surface area contributed by atoms with Gasteiger partial charge in [0.15, 0.2) is 0 Å². The molecule has 126 valence electrons. The van der Waals surface area contributed by atoms with E-state index in [9.17, 15) is 8.42 Å². The van der Waals surface area contributed by atoms with Gasteiger partial charge in [-0.05, 0) is 42.2 Å². The number of rotatable bonds is 6. The van der Waals surface area contributed by atoms with Crippen molar-refractivity contribution in [2.75, 3.05) is 20.4 Å². The van der Waals surface area contributed by atoms with Gasteiger partial charge in [0.25, 0.3) is 0 Å². The Morgan fingerprint density at radius 3 is 2.62 bits per heavy atom. The molecule has 5 nitrogen and oxygen atoms in total. The summed E-state index contributed by atoms with van der Waals surface area (Å²) in [4.78, 5) is 1.10. The number of methoxy groups -OCH3 is 1.